The van der Waals surface area contributed by atoms with E-state index in [0.29, 0.717) is 6.61 Å². The lowest BCUT2D eigenvalue weighted by Gasteiger charge is -2.01. The Bertz CT molecular complexity index is 354. The second kappa shape index (κ2) is 11.9. The summed E-state index contributed by atoms with van der Waals surface area (Å²) in [6, 6.07) is 2.24. The maximum Gasteiger partial charge on any atom is 0.107 e. The zero-order chi connectivity index (χ0) is 15.3. The minimum absolute atomic E-state index is 0.346. The van der Waals surface area contributed by atoms with Crippen molar-refractivity contribution in [1.82, 2.24) is 0 Å². The second-order valence-electron chi connectivity index (χ2n) is 6.22. The largest absolute Gasteiger partial charge is 0.466 e. The van der Waals surface area contributed by atoms with Crippen molar-refractivity contribution in [2.45, 2.75) is 90.9 Å². The highest BCUT2D eigenvalue weighted by atomic mass is 16.3. The van der Waals surface area contributed by atoms with E-state index in [2.05, 4.69) is 19.9 Å². The number of aliphatic hydroxyl groups is 1. The van der Waals surface area contributed by atoms with E-state index >= 15 is 0 Å². The zero-order valence-electron chi connectivity index (χ0n) is 14.1. The van der Waals surface area contributed by atoms with E-state index in [1.54, 1.807) is 0 Å². The zero-order valence-corrected chi connectivity index (χ0v) is 14.1. The second-order valence-corrected chi connectivity index (χ2v) is 6.22. The van der Waals surface area contributed by atoms with Crippen LogP contribution >= 0.6 is 0 Å². The highest BCUT2D eigenvalue weighted by Crippen LogP contribution is 2.19. The van der Waals surface area contributed by atoms with Crippen LogP contribution in [0, 0.1) is 6.92 Å². The summed E-state index contributed by atoms with van der Waals surface area (Å²) >= 11 is 0. The third kappa shape index (κ3) is 8.31. The van der Waals surface area contributed by atoms with Gasteiger partial charge in [0.2, 0.25) is 0 Å². The van der Waals surface area contributed by atoms with Crippen molar-refractivity contribution in [1.29, 1.82) is 0 Å². The molecule has 0 aliphatic carbocycles. The van der Waals surface area contributed by atoms with Gasteiger partial charge in [0.1, 0.15) is 11.5 Å². The molecule has 0 aromatic carbocycles. The number of aliphatic hydroxyl groups excluding tert-OH is 1. The lowest BCUT2D eigenvalue weighted by Crippen LogP contribution is -1.87. The van der Waals surface area contributed by atoms with Gasteiger partial charge in [-0.05, 0) is 37.8 Å². The smallest absolute Gasteiger partial charge is 0.107 e. The van der Waals surface area contributed by atoms with Gasteiger partial charge in [-0.3, -0.25) is 0 Å². The summed E-state index contributed by atoms with van der Waals surface area (Å²) in [5.41, 5.74) is 1.34. The lowest BCUT2D eigenvalue weighted by atomic mass is 10.1. The van der Waals surface area contributed by atoms with E-state index in [-0.39, 0.29) is 0 Å². The third-order valence-electron chi connectivity index (χ3n) is 4.16. The molecule has 0 unspecified atom stereocenters. The highest BCUT2D eigenvalue weighted by molar-refractivity contribution is 5.20. The van der Waals surface area contributed by atoms with Gasteiger partial charge in [0, 0.05) is 19.4 Å². The van der Waals surface area contributed by atoms with Crippen molar-refractivity contribution >= 4 is 0 Å². The molecule has 1 N–H and O–H groups in total. The summed E-state index contributed by atoms with van der Waals surface area (Å²) in [5.74, 6) is 2.39. The standard InChI is InChI=1S/C19H34O2/c1-3-4-10-13-18-16-17(2)19(21-18)14-11-8-6-5-7-9-12-15-20/h16,20H,3-15H2,1-2H3. The normalized spacial score (nSPS) is 11.2. The average Bonchev–Trinajstić information content (AvgIpc) is 2.82. The monoisotopic (exact) mass is 294 g/mol. The first-order valence-electron chi connectivity index (χ1n) is 8.97. The molecular weight excluding hydrogens is 260 g/mol. The first-order chi connectivity index (χ1) is 10.3. The number of hydrogen-bond donors (Lipinski definition) is 1. The van der Waals surface area contributed by atoms with E-state index < -0.39 is 0 Å². The molecule has 122 valence electrons. The molecule has 1 rings (SSSR count). The highest BCUT2D eigenvalue weighted by Gasteiger charge is 2.07. The summed E-state index contributed by atoms with van der Waals surface area (Å²) in [5, 5.41) is 8.72. The Balaban J connectivity index is 2.11. The fourth-order valence-electron chi connectivity index (χ4n) is 2.79. The molecule has 0 fully saturated rings. The van der Waals surface area contributed by atoms with Gasteiger partial charge in [0.05, 0.1) is 0 Å². The van der Waals surface area contributed by atoms with Crippen LogP contribution in [0.5, 0.6) is 0 Å². The van der Waals surface area contributed by atoms with Crippen LogP contribution in [0.15, 0.2) is 10.5 Å². The van der Waals surface area contributed by atoms with E-state index in [1.807, 2.05) is 0 Å². The van der Waals surface area contributed by atoms with Crippen LogP contribution in [-0.2, 0) is 12.8 Å². The molecule has 0 radical (unpaired) electrons. The van der Waals surface area contributed by atoms with Gasteiger partial charge in [-0.15, -0.1) is 0 Å². The molecular formula is C19H34O2. The SMILES string of the molecule is CCCCCc1cc(C)c(CCCCCCCCCO)o1. The van der Waals surface area contributed by atoms with Crippen molar-refractivity contribution < 1.29 is 9.52 Å². The summed E-state index contributed by atoms with van der Waals surface area (Å²) in [7, 11) is 0. The fourth-order valence-corrected chi connectivity index (χ4v) is 2.79. The summed E-state index contributed by atoms with van der Waals surface area (Å²) in [6.07, 6.45) is 14.6. The van der Waals surface area contributed by atoms with Crippen molar-refractivity contribution in [3.63, 3.8) is 0 Å². The molecule has 0 atom stereocenters. The third-order valence-corrected chi connectivity index (χ3v) is 4.16. The van der Waals surface area contributed by atoms with Crippen molar-refractivity contribution in [2.75, 3.05) is 6.61 Å². The van der Waals surface area contributed by atoms with Gasteiger partial charge < -0.3 is 9.52 Å². The number of aryl methyl sites for hydroxylation is 3. The first-order valence-corrected chi connectivity index (χ1v) is 8.97. The number of unbranched alkanes of at least 4 members (excludes halogenated alkanes) is 8. The Hall–Kier alpha value is -0.760. The molecule has 0 saturated heterocycles. The number of rotatable bonds is 13. The Kier molecular flexibility index (Phi) is 10.3. The van der Waals surface area contributed by atoms with Crippen molar-refractivity contribution in [2.24, 2.45) is 0 Å². The number of hydrogen-bond acceptors (Lipinski definition) is 2. The molecule has 0 bridgehead atoms. The Morgan fingerprint density at radius 2 is 1.48 bits per heavy atom. The van der Waals surface area contributed by atoms with Crippen LogP contribution in [0.25, 0.3) is 0 Å². The predicted octanol–water partition coefficient (Wildman–Crippen LogP) is 5.59. The minimum atomic E-state index is 0.346. The molecule has 1 heterocycles. The van der Waals surface area contributed by atoms with E-state index in [9.17, 15) is 0 Å². The van der Waals surface area contributed by atoms with Crippen LogP contribution in [0.1, 0.15) is 88.2 Å². The van der Waals surface area contributed by atoms with Gasteiger partial charge in [0.25, 0.3) is 0 Å². The van der Waals surface area contributed by atoms with Crippen LogP contribution in [0.2, 0.25) is 0 Å². The lowest BCUT2D eigenvalue weighted by molar-refractivity contribution is 0.282. The molecule has 1 aromatic heterocycles. The van der Waals surface area contributed by atoms with Gasteiger partial charge in [-0.1, -0.05) is 51.9 Å². The van der Waals surface area contributed by atoms with Crippen LogP contribution < -0.4 is 0 Å². The topological polar surface area (TPSA) is 33.4 Å². The number of furan rings is 1. The van der Waals surface area contributed by atoms with Gasteiger partial charge in [-0.2, -0.15) is 0 Å². The van der Waals surface area contributed by atoms with Gasteiger partial charge >= 0.3 is 0 Å². The van der Waals surface area contributed by atoms with E-state index in [4.69, 9.17) is 9.52 Å². The maximum absolute atomic E-state index is 8.72. The molecule has 0 aliphatic rings. The first kappa shape index (κ1) is 18.3. The van der Waals surface area contributed by atoms with E-state index in [1.165, 1.54) is 74.9 Å². The maximum atomic E-state index is 8.72. The average molecular weight is 294 g/mol. The quantitative estimate of drug-likeness (QED) is 0.481. The molecule has 2 heteroatoms. The van der Waals surface area contributed by atoms with Crippen LogP contribution in [-0.4, -0.2) is 11.7 Å². The molecule has 0 amide bonds. The Morgan fingerprint density at radius 1 is 0.857 bits per heavy atom. The molecule has 21 heavy (non-hydrogen) atoms. The van der Waals surface area contributed by atoms with Gasteiger partial charge in [0.15, 0.2) is 0 Å². The van der Waals surface area contributed by atoms with Gasteiger partial charge in [-0.25, -0.2) is 0 Å². The van der Waals surface area contributed by atoms with Crippen molar-refractivity contribution in [3.8, 4) is 0 Å². The van der Waals surface area contributed by atoms with E-state index in [0.717, 1.165) is 19.3 Å². The molecule has 0 saturated carbocycles. The summed E-state index contributed by atoms with van der Waals surface area (Å²) < 4.78 is 5.99. The summed E-state index contributed by atoms with van der Waals surface area (Å²) in [4.78, 5) is 0. The molecule has 0 aliphatic heterocycles. The summed E-state index contributed by atoms with van der Waals surface area (Å²) in [6.45, 7) is 4.76. The van der Waals surface area contributed by atoms with Crippen LogP contribution in [0.4, 0.5) is 0 Å². The Morgan fingerprint density at radius 3 is 2.14 bits per heavy atom. The molecule has 2 nitrogen and oxygen atoms in total. The minimum Gasteiger partial charge on any atom is -0.466 e. The van der Waals surface area contributed by atoms with Crippen molar-refractivity contribution in [3.05, 3.63) is 23.2 Å². The molecule has 0 spiro atoms. The fraction of sp³-hybridized carbons (Fsp3) is 0.789. The molecule has 1 aromatic rings. The predicted molar refractivity (Wildman–Crippen MR) is 89.8 cm³/mol. The van der Waals surface area contributed by atoms with Crippen LogP contribution in [0.3, 0.4) is 0 Å². The Labute approximate surface area is 130 Å².